The molecule has 1 N–H and O–H groups in total. The van der Waals surface area contributed by atoms with E-state index >= 15 is 0 Å². The Bertz CT molecular complexity index is 1340. The lowest BCUT2D eigenvalue weighted by molar-refractivity contribution is 0.0484. The van der Waals surface area contributed by atoms with Gasteiger partial charge in [0, 0.05) is 24.8 Å². The van der Waals surface area contributed by atoms with E-state index in [-0.39, 0.29) is 35.0 Å². The lowest BCUT2D eigenvalue weighted by Crippen LogP contribution is -2.08. The molecule has 0 radical (unpaired) electrons. The number of hydrogen-bond donors (Lipinski definition) is 1. The Hall–Kier alpha value is -4.17. The molecule has 8 nitrogen and oxygen atoms in total. The maximum Gasteiger partial charge on any atom is 0.239 e. The van der Waals surface area contributed by atoms with E-state index in [0.717, 1.165) is 5.56 Å². The highest BCUT2D eigenvalue weighted by Gasteiger charge is 2.21. The minimum absolute atomic E-state index is 0.0000658. The molecular weight excluding hydrogens is 440 g/mol. The number of benzene rings is 3. The molecule has 8 heteroatoms. The van der Waals surface area contributed by atoms with E-state index in [9.17, 15) is 9.90 Å². The van der Waals surface area contributed by atoms with Crippen LogP contribution in [0.5, 0.6) is 28.7 Å². The Balaban J connectivity index is 1.79. The van der Waals surface area contributed by atoms with Crippen molar-refractivity contribution >= 4 is 11.0 Å². The van der Waals surface area contributed by atoms with Crippen molar-refractivity contribution in [1.82, 2.24) is 0 Å². The number of aromatic hydroxyl groups is 1. The van der Waals surface area contributed by atoms with Crippen LogP contribution in [0.3, 0.4) is 0 Å². The maximum absolute atomic E-state index is 13.1. The lowest BCUT2D eigenvalue weighted by atomic mass is 10.1. The molecule has 0 atom stereocenters. The Kier molecular flexibility index (Phi) is 6.89. The van der Waals surface area contributed by atoms with E-state index in [4.69, 9.17) is 28.1 Å². The second-order valence-electron chi connectivity index (χ2n) is 7.30. The van der Waals surface area contributed by atoms with Gasteiger partial charge < -0.3 is 33.2 Å². The fourth-order valence-electron chi connectivity index (χ4n) is 3.49. The SMILES string of the molecule is COCOc1cc(-c2oc3cc(OC)cc(O)c3c(=O)c2OC)ccc1OCc1ccccc1. The first kappa shape index (κ1) is 23.0. The molecule has 0 amide bonds. The van der Waals surface area contributed by atoms with E-state index in [1.165, 1.54) is 33.5 Å². The maximum atomic E-state index is 13.1. The van der Waals surface area contributed by atoms with Crippen LogP contribution in [-0.2, 0) is 11.3 Å². The highest BCUT2D eigenvalue weighted by Crippen LogP contribution is 2.39. The molecule has 4 aromatic rings. The molecule has 0 saturated carbocycles. The lowest BCUT2D eigenvalue weighted by Gasteiger charge is -2.15. The summed E-state index contributed by atoms with van der Waals surface area (Å²) in [4.78, 5) is 13.1. The quantitative estimate of drug-likeness (QED) is 0.355. The minimum Gasteiger partial charge on any atom is -0.507 e. The molecule has 0 unspecified atom stereocenters. The zero-order valence-corrected chi connectivity index (χ0v) is 19.0. The van der Waals surface area contributed by atoms with Gasteiger partial charge in [0.15, 0.2) is 24.1 Å². The standard InChI is InChI=1S/C26H24O8/c1-29-15-33-21-11-17(9-10-20(21)32-14-16-7-5-4-6-8-16)25-26(31-3)24(28)23-19(27)12-18(30-2)13-22(23)34-25/h4-13,27H,14-15H2,1-3H3. The molecule has 0 aliphatic carbocycles. The summed E-state index contributed by atoms with van der Waals surface area (Å²) >= 11 is 0. The van der Waals surface area contributed by atoms with E-state index in [0.29, 0.717) is 29.4 Å². The van der Waals surface area contributed by atoms with Gasteiger partial charge in [-0.3, -0.25) is 4.79 Å². The summed E-state index contributed by atoms with van der Waals surface area (Å²) < 4.78 is 33.3. The van der Waals surface area contributed by atoms with Gasteiger partial charge in [0.25, 0.3) is 0 Å². The fourth-order valence-corrected chi connectivity index (χ4v) is 3.49. The van der Waals surface area contributed by atoms with Crippen LogP contribution < -0.4 is 24.4 Å². The summed E-state index contributed by atoms with van der Waals surface area (Å²) in [5.41, 5.74) is 1.15. The molecule has 1 heterocycles. The van der Waals surface area contributed by atoms with Crippen molar-refractivity contribution in [2.45, 2.75) is 6.61 Å². The third-order valence-electron chi connectivity index (χ3n) is 5.12. The molecule has 0 aliphatic heterocycles. The summed E-state index contributed by atoms with van der Waals surface area (Å²) in [6, 6.07) is 17.7. The first-order chi connectivity index (χ1) is 16.5. The van der Waals surface area contributed by atoms with Gasteiger partial charge in [0.1, 0.15) is 29.1 Å². The molecule has 3 aromatic carbocycles. The number of hydrogen-bond acceptors (Lipinski definition) is 8. The van der Waals surface area contributed by atoms with Crippen molar-refractivity contribution in [3.05, 3.63) is 76.5 Å². The predicted octanol–water partition coefficient (Wildman–Crippen LogP) is 4.74. The van der Waals surface area contributed by atoms with Crippen molar-refractivity contribution in [2.75, 3.05) is 28.1 Å². The van der Waals surface area contributed by atoms with Gasteiger partial charge in [-0.1, -0.05) is 30.3 Å². The highest BCUT2D eigenvalue weighted by atomic mass is 16.7. The number of phenolic OH excluding ortho intramolecular Hbond substituents is 1. The van der Waals surface area contributed by atoms with Gasteiger partial charge in [-0.2, -0.15) is 0 Å². The monoisotopic (exact) mass is 464 g/mol. The van der Waals surface area contributed by atoms with Crippen LogP contribution in [0.25, 0.3) is 22.3 Å². The third-order valence-corrected chi connectivity index (χ3v) is 5.12. The first-order valence-corrected chi connectivity index (χ1v) is 10.4. The number of rotatable bonds is 9. The topological polar surface area (TPSA) is 96.6 Å². The van der Waals surface area contributed by atoms with Crippen LogP contribution in [0.1, 0.15) is 5.56 Å². The molecule has 1 aromatic heterocycles. The van der Waals surface area contributed by atoms with Crippen molar-refractivity contribution < 1.29 is 33.2 Å². The van der Waals surface area contributed by atoms with Gasteiger partial charge in [0.2, 0.25) is 11.2 Å². The van der Waals surface area contributed by atoms with Crippen molar-refractivity contribution in [3.63, 3.8) is 0 Å². The third kappa shape index (κ3) is 4.62. The molecule has 0 aliphatic rings. The zero-order valence-electron chi connectivity index (χ0n) is 19.0. The Morgan fingerprint density at radius 3 is 2.38 bits per heavy atom. The number of phenols is 1. The van der Waals surface area contributed by atoms with Gasteiger partial charge >= 0.3 is 0 Å². The molecule has 0 spiro atoms. The van der Waals surface area contributed by atoms with Crippen molar-refractivity contribution in [1.29, 1.82) is 0 Å². The average Bonchev–Trinajstić information content (AvgIpc) is 2.86. The smallest absolute Gasteiger partial charge is 0.239 e. The van der Waals surface area contributed by atoms with E-state index in [1.54, 1.807) is 18.2 Å². The molecular formula is C26H24O8. The number of methoxy groups -OCH3 is 3. The van der Waals surface area contributed by atoms with Crippen LogP contribution >= 0.6 is 0 Å². The molecule has 0 bridgehead atoms. The Labute approximate surface area is 195 Å². The zero-order chi connectivity index (χ0) is 24.1. The fraction of sp³-hybridized carbons (Fsp3) is 0.192. The van der Waals surface area contributed by atoms with Crippen LogP contribution in [0.15, 0.2) is 69.9 Å². The minimum atomic E-state index is -0.511. The first-order valence-electron chi connectivity index (χ1n) is 10.4. The number of fused-ring (bicyclic) bond motifs is 1. The average molecular weight is 464 g/mol. The van der Waals surface area contributed by atoms with E-state index in [2.05, 4.69) is 0 Å². The van der Waals surface area contributed by atoms with Crippen LogP contribution in [0, 0.1) is 0 Å². The predicted molar refractivity (Wildman–Crippen MR) is 126 cm³/mol. The van der Waals surface area contributed by atoms with Gasteiger partial charge in [-0.05, 0) is 23.8 Å². The van der Waals surface area contributed by atoms with Crippen LogP contribution in [-0.4, -0.2) is 33.2 Å². The molecule has 34 heavy (non-hydrogen) atoms. The molecule has 176 valence electrons. The molecule has 0 saturated heterocycles. The normalized spacial score (nSPS) is 10.8. The van der Waals surface area contributed by atoms with Crippen LogP contribution in [0.2, 0.25) is 0 Å². The van der Waals surface area contributed by atoms with Gasteiger partial charge in [0.05, 0.1) is 14.2 Å². The van der Waals surface area contributed by atoms with Gasteiger partial charge in [-0.15, -0.1) is 0 Å². The highest BCUT2D eigenvalue weighted by molar-refractivity contribution is 5.88. The van der Waals surface area contributed by atoms with E-state index < -0.39 is 5.43 Å². The summed E-state index contributed by atoms with van der Waals surface area (Å²) in [5.74, 6) is 1.09. The summed E-state index contributed by atoms with van der Waals surface area (Å²) in [6.07, 6.45) is 0. The summed E-state index contributed by atoms with van der Waals surface area (Å²) in [5, 5.41) is 10.3. The second kappa shape index (κ2) is 10.2. The Morgan fingerprint density at radius 2 is 1.68 bits per heavy atom. The Morgan fingerprint density at radius 1 is 0.882 bits per heavy atom. The van der Waals surface area contributed by atoms with Gasteiger partial charge in [-0.25, -0.2) is 0 Å². The van der Waals surface area contributed by atoms with Crippen molar-refractivity contribution in [3.8, 4) is 40.1 Å². The molecule has 0 fully saturated rings. The van der Waals surface area contributed by atoms with Crippen molar-refractivity contribution in [2.24, 2.45) is 0 Å². The summed E-state index contributed by atoms with van der Waals surface area (Å²) in [7, 11) is 4.33. The van der Waals surface area contributed by atoms with E-state index in [1.807, 2.05) is 30.3 Å². The van der Waals surface area contributed by atoms with Crippen LogP contribution in [0.4, 0.5) is 0 Å². The second-order valence-corrected chi connectivity index (χ2v) is 7.30. The largest absolute Gasteiger partial charge is 0.507 e. The molecule has 4 rings (SSSR count). The number of ether oxygens (including phenoxy) is 5. The summed E-state index contributed by atoms with van der Waals surface area (Å²) in [6.45, 7) is 0.339.